The predicted octanol–water partition coefficient (Wildman–Crippen LogP) is 1.24. The Labute approximate surface area is 116 Å². The molecule has 1 aliphatic rings. The SMILES string of the molecule is CSC1CCC(NCCn2cc(C(=O)O)nn2)CC1. The van der Waals surface area contributed by atoms with Crippen molar-refractivity contribution in [2.45, 2.75) is 43.5 Å². The molecular formula is C12H20N4O2S. The molecule has 0 radical (unpaired) electrons. The number of rotatable bonds is 6. The van der Waals surface area contributed by atoms with Crippen LogP contribution in [0.15, 0.2) is 6.20 Å². The van der Waals surface area contributed by atoms with Crippen LogP contribution in [0.25, 0.3) is 0 Å². The van der Waals surface area contributed by atoms with E-state index in [-0.39, 0.29) is 5.69 Å². The highest BCUT2D eigenvalue weighted by atomic mass is 32.2. The normalized spacial score (nSPS) is 23.4. The highest BCUT2D eigenvalue weighted by molar-refractivity contribution is 7.99. The number of nitrogens with one attached hydrogen (secondary N) is 1. The molecule has 0 unspecified atom stereocenters. The van der Waals surface area contributed by atoms with Crippen molar-refractivity contribution in [2.75, 3.05) is 12.8 Å². The van der Waals surface area contributed by atoms with Crippen molar-refractivity contribution in [3.05, 3.63) is 11.9 Å². The molecule has 1 heterocycles. The zero-order valence-electron chi connectivity index (χ0n) is 11.1. The molecule has 6 nitrogen and oxygen atoms in total. The van der Waals surface area contributed by atoms with Gasteiger partial charge in [0.1, 0.15) is 0 Å². The maximum absolute atomic E-state index is 10.7. The van der Waals surface area contributed by atoms with Crippen LogP contribution in [0, 0.1) is 0 Å². The molecule has 0 bridgehead atoms. The Morgan fingerprint density at radius 2 is 2.26 bits per heavy atom. The summed E-state index contributed by atoms with van der Waals surface area (Å²) in [4.78, 5) is 10.7. The van der Waals surface area contributed by atoms with Gasteiger partial charge >= 0.3 is 5.97 Å². The second-order valence-electron chi connectivity index (χ2n) is 4.84. The van der Waals surface area contributed by atoms with Crippen LogP contribution >= 0.6 is 11.8 Å². The third kappa shape index (κ3) is 4.21. The third-order valence-electron chi connectivity index (χ3n) is 3.54. The minimum Gasteiger partial charge on any atom is -0.476 e. The fourth-order valence-corrected chi connectivity index (χ4v) is 3.14. The Kier molecular flexibility index (Phi) is 5.21. The quantitative estimate of drug-likeness (QED) is 0.818. The number of hydrogen-bond acceptors (Lipinski definition) is 5. The fourth-order valence-electron chi connectivity index (χ4n) is 2.39. The van der Waals surface area contributed by atoms with Gasteiger partial charge in [0.15, 0.2) is 5.69 Å². The van der Waals surface area contributed by atoms with E-state index in [1.54, 1.807) is 4.68 Å². The first-order valence-corrected chi connectivity index (χ1v) is 7.87. The zero-order valence-corrected chi connectivity index (χ0v) is 11.9. The van der Waals surface area contributed by atoms with Crippen molar-refractivity contribution in [3.8, 4) is 0 Å². The lowest BCUT2D eigenvalue weighted by atomic mass is 9.95. The number of carboxylic acids is 1. The third-order valence-corrected chi connectivity index (χ3v) is 4.68. The van der Waals surface area contributed by atoms with Crippen LogP contribution in [0.2, 0.25) is 0 Å². The van der Waals surface area contributed by atoms with E-state index in [4.69, 9.17) is 5.11 Å². The van der Waals surface area contributed by atoms with Crippen molar-refractivity contribution < 1.29 is 9.90 Å². The van der Waals surface area contributed by atoms with Gasteiger partial charge in [-0.05, 0) is 31.9 Å². The van der Waals surface area contributed by atoms with Gasteiger partial charge in [0.25, 0.3) is 0 Å². The molecule has 2 rings (SSSR count). The molecule has 106 valence electrons. The molecule has 0 amide bonds. The van der Waals surface area contributed by atoms with Crippen molar-refractivity contribution in [2.24, 2.45) is 0 Å². The van der Waals surface area contributed by atoms with Gasteiger partial charge in [0, 0.05) is 17.8 Å². The summed E-state index contributed by atoms with van der Waals surface area (Å²) in [5.74, 6) is -1.03. The van der Waals surface area contributed by atoms with E-state index >= 15 is 0 Å². The molecule has 19 heavy (non-hydrogen) atoms. The molecule has 0 aliphatic heterocycles. The van der Waals surface area contributed by atoms with Crippen molar-refractivity contribution in [3.63, 3.8) is 0 Å². The summed E-state index contributed by atoms with van der Waals surface area (Å²) in [5, 5.41) is 20.4. The highest BCUT2D eigenvalue weighted by Crippen LogP contribution is 2.26. The van der Waals surface area contributed by atoms with Gasteiger partial charge in [-0.25, -0.2) is 4.79 Å². The number of nitrogens with zero attached hydrogens (tertiary/aromatic N) is 3. The minimum atomic E-state index is -1.03. The topological polar surface area (TPSA) is 80.0 Å². The van der Waals surface area contributed by atoms with E-state index in [1.807, 2.05) is 11.8 Å². The lowest BCUT2D eigenvalue weighted by Crippen LogP contribution is -2.35. The maximum atomic E-state index is 10.7. The Balaban J connectivity index is 1.67. The average Bonchev–Trinajstić information content (AvgIpc) is 2.89. The molecule has 7 heteroatoms. The van der Waals surface area contributed by atoms with Crippen LogP contribution < -0.4 is 5.32 Å². The molecule has 1 aromatic rings. The summed E-state index contributed by atoms with van der Waals surface area (Å²) in [6, 6.07) is 0.589. The fraction of sp³-hybridized carbons (Fsp3) is 0.750. The number of hydrogen-bond donors (Lipinski definition) is 2. The van der Waals surface area contributed by atoms with E-state index in [2.05, 4.69) is 21.9 Å². The first-order chi connectivity index (χ1) is 9.19. The number of carbonyl (C=O) groups is 1. The molecule has 0 saturated heterocycles. The molecule has 1 aliphatic carbocycles. The summed E-state index contributed by atoms with van der Waals surface area (Å²) in [6.45, 7) is 1.46. The first-order valence-electron chi connectivity index (χ1n) is 6.58. The van der Waals surface area contributed by atoms with Crippen LogP contribution in [0.5, 0.6) is 0 Å². The van der Waals surface area contributed by atoms with Gasteiger partial charge in [0.2, 0.25) is 0 Å². The highest BCUT2D eigenvalue weighted by Gasteiger charge is 2.19. The molecule has 0 atom stereocenters. The second kappa shape index (κ2) is 6.91. The zero-order chi connectivity index (χ0) is 13.7. The molecule has 1 saturated carbocycles. The molecule has 1 fully saturated rings. The van der Waals surface area contributed by atoms with Gasteiger partial charge < -0.3 is 10.4 Å². The molecular weight excluding hydrogens is 264 g/mol. The summed E-state index contributed by atoms with van der Waals surface area (Å²) in [6.07, 6.45) is 8.67. The molecule has 0 spiro atoms. The van der Waals surface area contributed by atoms with Crippen LogP contribution in [-0.2, 0) is 6.54 Å². The Morgan fingerprint density at radius 3 is 2.84 bits per heavy atom. The second-order valence-corrected chi connectivity index (χ2v) is 5.97. The van der Waals surface area contributed by atoms with E-state index in [9.17, 15) is 4.79 Å². The number of aromatic nitrogens is 3. The summed E-state index contributed by atoms with van der Waals surface area (Å²) >= 11 is 1.97. The van der Waals surface area contributed by atoms with Crippen molar-refractivity contribution in [1.29, 1.82) is 0 Å². The summed E-state index contributed by atoms with van der Waals surface area (Å²) in [5.41, 5.74) is 0.000443. The van der Waals surface area contributed by atoms with Gasteiger partial charge in [-0.3, -0.25) is 4.68 Å². The van der Waals surface area contributed by atoms with Gasteiger partial charge in [-0.2, -0.15) is 11.8 Å². The minimum absolute atomic E-state index is 0.000443. The van der Waals surface area contributed by atoms with E-state index in [0.717, 1.165) is 11.8 Å². The van der Waals surface area contributed by atoms with Gasteiger partial charge in [0.05, 0.1) is 12.7 Å². The monoisotopic (exact) mass is 284 g/mol. The standard InChI is InChI=1S/C12H20N4O2S/c1-19-10-4-2-9(3-5-10)13-6-7-16-8-11(12(17)18)14-15-16/h8-10,13H,2-7H2,1H3,(H,17,18). The maximum Gasteiger partial charge on any atom is 0.358 e. The summed E-state index contributed by atoms with van der Waals surface area (Å²) in [7, 11) is 0. The van der Waals surface area contributed by atoms with Gasteiger partial charge in [-0.15, -0.1) is 5.10 Å². The van der Waals surface area contributed by atoms with Crippen LogP contribution in [-0.4, -0.2) is 50.2 Å². The predicted molar refractivity (Wildman–Crippen MR) is 74.5 cm³/mol. The number of aromatic carboxylic acids is 1. The Hall–Kier alpha value is -1.08. The Bertz CT molecular complexity index is 416. The largest absolute Gasteiger partial charge is 0.476 e. The smallest absolute Gasteiger partial charge is 0.358 e. The first kappa shape index (κ1) is 14.3. The number of thioether (sulfide) groups is 1. The van der Waals surface area contributed by atoms with Crippen LogP contribution in [0.1, 0.15) is 36.2 Å². The number of carboxylic acid groups (broad SMARTS) is 1. The Morgan fingerprint density at radius 1 is 1.53 bits per heavy atom. The van der Waals surface area contributed by atoms with E-state index in [0.29, 0.717) is 12.6 Å². The lowest BCUT2D eigenvalue weighted by Gasteiger charge is -2.28. The molecule has 2 N–H and O–H groups in total. The molecule has 0 aromatic carbocycles. The van der Waals surface area contributed by atoms with Gasteiger partial charge in [-0.1, -0.05) is 5.21 Å². The van der Waals surface area contributed by atoms with Crippen LogP contribution in [0.3, 0.4) is 0 Å². The van der Waals surface area contributed by atoms with Crippen molar-refractivity contribution in [1.82, 2.24) is 20.3 Å². The molecule has 1 aromatic heterocycles. The average molecular weight is 284 g/mol. The lowest BCUT2D eigenvalue weighted by molar-refractivity contribution is 0.0690. The summed E-state index contributed by atoms with van der Waals surface area (Å²) < 4.78 is 1.57. The van der Waals surface area contributed by atoms with Crippen molar-refractivity contribution >= 4 is 17.7 Å². The van der Waals surface area contributed by atoms with E-state index < -0.39 is 5.97 Å². The van der Waals surface area contributed by atoms with Crippen LogP contribution in [0.4, 0.5) is 0 Å². The van der Waals surface area contributed by atoms with E-state index in [1.165, 1.54) is 31.9 Å².